The van der Waals surface area contributed by atoms with Crippen LogP contribution in [0.1, 0.15) is 12.0 Å². The van der Waals surface area contributed by atoms with Crippen LogP contribution >= 0.6 is 0 Å². The second-order valence-corrected chi connectivity index (χ2v) is 4.57. The van der Waals surface area contributed by atoms with Crippen LogP contribution in [0.5, 0.6) is 5.75 Å². The Hall–Kier alpha value is -2.20. The first kappa shape index (κ1) is 13.2. The van der Waals surface area contributed by atoms with Gasteiger partial charge in [-0.15, -0.1) is 0 Å². The van der Waals surface area contributed by atoms with Crippen LogP contribution in [0.4, 0.5) is 0 Å². The Morgan fingerprint density at radius 3 is 3.05 bits per heavy atom. The SMILES string of the molecule is COc1ccccc1CN1CC(CN=[N+]=[N-])CC1=O. The first-order valence-corrected chi connectivity index (χ1v) is 6.15. The third-order valence-electron chi connectivity index (χ3n) is 3.25. The number of hydrogen-bond donors (Lipinski definition) is 0. The molecule has 0 spiro atoms. The topological polar surface area (TPSA) is 78.3 Å². The molecule has 1 heterocycles. The van der Waals surface area contributed by atoms with E-state index in [9.17, 15) is 4.79 Å². The smallest absolute Gasteiger partial charge is 0.223 e. The molecule has 1 amide bonds. The molecule has 1 unspecified atom stereocenters. The maximum absolute atomic E-state index is 11.9. The average Bonchev–Trinajstić information content (AvgIpc) is 2.77. The lowest BCUT2D eigenvalue weighted by molar-refractivity contribution is -0.128. The predicted molar refractivity (Wildman–Crippen MR) is 70.5 cm³/mol. The number of amides is 1. The van der Waals surface area contributed by atoms with Crippen molar-refractivity contribution in [2.24, 2.45) is 11.0 Å². The van der Waals surface area contributed by atoms with Gasteiger partial charge in [0.2, 0.25) is 5.91 Å². The van der Waals surface area contributed by atoms with E-state index in [0.717, 1.165) is 11.3 Å². The molecule has 1 aromatic rings. The Morgan fingerprint density at radius 1 is 1.53 bits per heavy atom. The highest BCUT2D eigenvalue weighted by molar-refractivity contribution is 5.78. The van der Waals surface area contributed by atoms with Gasteiger partial charge in [0.15, 0.2) is 0 Å². The number of methoxy groups -OCH3 is 1. The monoisotopic (exact) mass is 260 g/mol. The van der Waals surface area contributed by atoms with Gasteiger partial charge in [0.25, 0.3) is 0 Å². The summed E-state index contributed by atoms with van der Waals surface area (Å²) in [5, 5.41) is 3.54. The normalized spacial score (nSPS) is 18.3. The zero-order valence-corrected chi connectivity index (χ0v) is 10.8. The molecule has 1 aliphatic rings. The van der Waals surface area contributed by atoms with E-state index in [1.165, 1.54) is 0 Å². The van der Waals surface area contributed by atoms with Gasteiger partial charge >= 0.3 is 0 Å². The van der Waals surface area contributed by atoms with Crippen LogP contribution < -0.4 is 4.74 Å². The van der Waals surface area contributed by atoms with Gasteiger partial charge in [-0.05, 0) is 17.5 Å². The van der Waals surface area contributed by atoms with E-state index in [1.54, 1.807) is 12.0 Å². The molecule has 1 saturated heterocycles. The molecule has 1 aliphatic heterocycles. The minimum absolute atomic E-state index is 0.101. The molecule has 0 aliphatic carbocycles. The van der Waals surface area contributed by atoms with Crippen LogP contribution in [0.25, 0.3) is 10.4 Å². The first-order valence-electron chi connectivity index (χ1n) is 6.15. The third-order valence-corrected chi connectivity index (χ3v) is 3.25. The summed E-state index contributed by atoms with van der Waals surface area (Å²) in [5.74, 6) is 1.01. The highest BCUT2D eigenvalue weighted by Crippen LogP contribution is 2.24. The van der Waals surface area contributed by atoms with Gasteiger partial charge in [-0.2, -0.15) is 0 Å². The Bertz CT molecular complexity index is 511. The Kier molecular flexibility index (Phi) is 4.26. The van der Waals surface area contributed by atoms with Crippen LogP contribution in [0.15, 0.2) is 29.4 Å². The Morgan fingerprint density at radius 2 is 2.32 bits per heavy atom. The van der Waals surface area contributed by atoms with Crippen molar-refractivity contribution < 1.29 is 9.53 Å². The van der Waals surface area contributed by atoms with Gasteiger partial charge in [0, 0.05) is 36.5 Å². The average molecular weight is 260 g/mol. The molecule has 2 rings (SSSR count). The van der Waals surface area contributed by atoms with Crippen molar-refractivity contribution in [2.45, 2.75) is 13.0 Å². The molecule has 100 valence electrons. The number of ether oxygens (including phenoxy) is 1. The maximum atomic E-state index is 11.9. The second-order valence-electron chi connectivity index (χ2n) is 4.57. The number of nitrogens with zero attached hydrogens (tertiary/aromatic N) is 4. The largest absolute Gasteiger partial charge is 0.496 e. The van der Waals surface area contributed by atoms with E-state index >= 15 is 0 Å². The van der Waals surface area contributed by atoms with Crippen molar-refractivity contribution in [3.05, 3.63) is 40.3 Å². The van der Waals surface area contributed by atoms with Crippen LogP contribution in [0.2, 0.25) is 0 Å². The van der Waals surface area contributed by atoms with Crippen molar-refractivity contribution in [3.63, 3.8) is 0 Å². The molecular formula is C13H16N4O2. The van der Waals surface area contributed by atoms with Crippen LogP contribution in [-0.4, -0.2) is 31.0 Å². The van der Waals surface area contributed by atoms with Crippen LogP contribution in [-0.2, 0) is 11.3 Å². The van der Waals surface area contributed by atoms with Gasteiger partial charge in [-0.1, -0.05) is 23.3 Å². The highest BCUT2D eigenvalue weighted by Gasteiger charge is 2.29. The summed E-state index contributed by atoms with van der Waals surface area (Å²) in [6.07, 6.45) is 0.453. The number of rotatable bonds is 5. The first-order chi connectivity index (χ1) is 9.24. The van der Waals surface area contributed by atoms with E-state index in [1.807, 2.05) is 24.3 Å². The van der Waals surface area contributed by atoms with Crippen molar-refractivity contribution in [2.75, 3.05) is 20.2 Å². The molecule has 19 heavy (non-hydrogen) atoms. The summed E-state index contributed by atoms with van der Waals surface area (Å²) in [5.41, 5.74) is 9.29. The number of benzene rings is 1. The van der Waals surface area contributed by atoms with Crippen molar-refractivity contribution in [1.82, 2.24) is 4.90 Å². The maximum Gasteiger partial charge on any atom is 0.223 e. The lowest BCUT2D eigenvalue weighted by Crippen LogP contribution is -2.25. The molecular weight excluding hydrogens is 244 g/mol. The van der Waals surface area contributed by atoms with Crippen molar-refractivity contribution >= 4 is 5.91 Å². The fourth-order valence-corrected chi connectivity index (χ4v) is 2.32. The molecule has 0 radical (unpaired) electrons. The van der Waals surface area contributed by atoms with E-state index < -0.39 is 0 Å². The zero-order valence-electron chi connectivity index (χ0n) is 10.8. The lowest BCUT2D eigenvalue weighted by atomic mass is 10.1. The van der Waals surface area contributed by atoms with Gasteiger partial charge in [-0.25, -0.2) is 0 Å². The Balaban J connectivity index is 2.03. The standard InChI is InChI=1S/C13H16N4O2/c1-19-12-5-3-2-4-11(12)9-17-8-10(6-13(17)18)7-15-16-14/h2-5,10H,6-9H2,1H3. The minimum atomic E-state index is 0.101. The third kappa shape index (κ3) is 3.17. The van der Waals surface area contributed by atoms with E-state index in [-0.39, 0.29) is 11.8 Å². The summed E-state index contributed by atoms with van der Waals surface area (Å²) < 4.78 is 5.28. The van der Waals surface area contributed by atoms with Crippen molar-refractivity contribution in [3.8, 4) is 5.75 Å². The summed E-state index contributed by atoms with van der Waals surface area (Å²) in [7, 11) is 1.62. The number of likely N-dealkylation sites (tertiary alicyclic amines) is 1. The quantitative estimate of drug-likeness (QED) is 0.463. The van der Waals surface area contributed by atoms with E-state index in [2.05, 4.69) is 10.0 Å². The van der Waals surface area contributed by atoms with Crippen molar-refractivity contribution in [1.29, 1.82) is 0 Å². The van der Waals surface area contributed by atoms with Crippen LogP contribution in [0, 0.1) is 5.92 Å². The number of carbonyl (C=O) groups excluding carboxylic acids is 1. The number of hydrogen-bond acceptors (Lipinski definition) is 3. The van der Waals surface area contributed by atoms with Gasteiger partial charge in [0.05, 0.1) is 7.11 Å². The molecule has 1 atom stereocenters. The highest BCUT2D eigenvalue weighted by atomic mass is 16.5. The van der Waals surface area contributed by atoms with E-state index in [4.69, 9.17) is 10.3 Å². The number of azide groups is 1. The number of para-hydroxylation sites is 1. The molecule has 0 bridgehead atoms. The van der Waals surface area contributed by atoms with Crippen LogP contribution in [0.3, 0.4) is 0 Å². The lowest BCUT2D eigenvalue weighted by Gasteiger charge is -2.18. The van der Waals surface area contributed by atoms with Gasteiger partial charge in [0.1, 0.15) is 5.75 Å². The zero-order chi connectivity index (χ0) is 13.7. The summed E-state index contributed by atoms with van der Waals surface area (Å²) >= 11 is 0. The molecule has 6 nitrogen and oxygen atoms in total. The predicted octanol–water partition coefficient (Wildman–Crippen LogP) is 2.35. The van der Waals surface area contributed by atoms with E-state index in [0.29, 0.717) is 26.1 Å². The number of carbonyl (C=O) groups is 1. The molecule has 1 aromatic carbocycles. The fourth-order valence-electron chi connectivity index (χ4n) is 2.32. The Labute approximate surface area is 111 Å². The molecule has 0 aromatic heterocycles. The molecule has 0 saturated carbocycles. The van der Waals surface area contributed by atoms with Gasteiger partial charge in [-0.3, -0.25) is 4.79 Å². The molecule has 0 N–H and O–H groups in total. The fraction of sp³-hybridized carbons (Fsp3) is 0.462. The van der Waals surface area contributed by atoms with Gasteiger partial charge < -0.3 is 9.64 Å². The molecule has 6 heteroatoms. The summed E-state index contributed by atoms with van der Waals surface area (Å²) in [6, 6.07) is 7.66. The molecule has 1 fully saturated rings. The summed E-state index contributed by atoms with van der Waals surface area (Å²) in [6.45, 7) is 1.55. The second kappa shape index (κ2) is 6.11. The minimum Gasteiger partial charge on any atom is -0.496 e. The summed E-state index contributed by atoms with van der Waals surface area (Å²) in [4.78, 5) is 16.4.